The van der Waals surface area contributed by atoms with Gasteiger partial charge in [0, 0.05) is 6.61 Å². The van der Waals surface area contributed by atoms with Crippen molar-refractivity contribution in [3.05, 3.63) is 0 Å². The lowest BCUT2D eigenvalue weighted by atomic mass is 10.1. The quantitative estimate of drug-likeness (QED) is 0.584. The molecule has 0 fully saturated rings. The van der Waals surface area contributed by atoms with E-state index in [1.807, 2.05) is 6.92 Å². The Morgan fingerprint density at radius 2 is 2.00 bits per heavy atom. The van der Waals surface area contributed by atoms with E-state index in [4.69, 9.17) is 10.2 Å². The zero-order chi connectivity index (χ0) is 7.11. The Morgan fingerprint density at radius 3 is 2.44 bits per heavy atom. The lowest BCUT2D eigenvalue weighted by molar-refractivity contribution is 0.140. The van der Waals surface area contributed by atoms with Gasteiger partial charge in [-0.25, -0.2) is 0 Å². The minimum absolute atomic E-state index is 0.192. The molecule has 0 spiro atoms. The van der Waals surface area contributed by atoms with Crippen molar-refractivity contribution in [2.24, 2.45) is 0 Å². The minimum atomic E-state index is -0.192. The summed E-state index contributed by atoms with van der Waals surface area (Å²) >= 11 is 0. The maximum absolute atomic E-state index is 9.07. The zero-order valence-electron chi connectivity index (χ0n) is 6.01. The van der Waals surface area contributed by atoms with E-state index in [1.165, 1.54) is 0 Å². The van der Waals surface area contributed by atoms with E-state index >= 15 is 0 Å². The predicted octanol–water partition coefficient (Wildman–Crippen LogP) is 0.920. The molecule has 2 nitrogen and oxygen atoms in total. The zero-order valence-corrected chi connectivity index (χ0v) is 6.01. The standard InChI is InChI=1S/C7H16O2/c1-2-4-7(9)5-3-6-8/h7-9H,2-6H2,1H3/t7-/m0/s1. The third-order valence-electron chi connectivity index (χ3n) is 1.32. The van der Waals surface area contributed by atoms with Gasteiger partial charge < -0.3 is 10.2 Å². The lowest BCUT2D eigenvalue weighted by Gasteiger charge is -2.05. The van der Waals surface area contributed by atoms with Crippen LogP contribution in [0.3, 0.4) is 0 Å². The second kappa shape index (κ2) is 6.05. The Labute approximate surface area is 56.5 Å². The predicted molar refractivity (Wildman–Crippen MR) is 37.2 cm³/mol. The van der Waals surface area contributed by atoms with Gasteiger partial charge >= 0.3 is 0 Å². The molecule has 0 saturated carbocycles. The summed E-state index contributed by atoms with van der Waals surface area (Å²) in [6, 6.07) is 0. The Bertz CT molecular complexity index is 54.9. The van der Waals surface area contributed by atoms with Gasteiger partial charge in [-0.2, -0.15) is 0 Å². The molecule has 0 bridgehead atoms. The highest BCUT2D eigenvalue weighted by molar-refractivity contribution is 4.52. The summed E-state index contributed by atoms with van der Waals surface area (Å²) in [5.74, 6) is 0. The van der Waals surface area contributed by atoms with E-state index in [0.29, 0.717) is 0 Å². The summed E-state index contributed by atoms with van der Waals surface area (Å²) in [6.07, 6.45) is 3.15. The fraction of sp³-hybridized carbons (Fsp3) is 1.00. The molecule has 0 heterocycles. The maximum Gasteiger partial charge on any atom is 0.0541 e. The Hall–Kier alpha value is -0.0800. The molecule has 0 unspecified atom stereocenters. The van der Waals surface area contributed by atoms with Crippen molar-refractivity contribution in [3.63, 3.8) is 0 Å². The molecule has 0 saturated heterocycles. The fourth-order valence-corrected chi connectivity index (χ4v) is 0.804. The van der Waals surface area contributed by atoms with E-state index in [-0.39, 0.29) is 12.7 Å². The van der Waals surface area contributed by atoms with Gasteiger partial charge in [-0.05, 0) is 19.3 Å². The van der Waals surface area contributed by atoms with E-state index in [0.717, 1.165) is 25.7 Å². The smallest absolute Gasteiger partial charge is 0.0541 e. The van der Waals surface area contributed by atoms with Crippen molar-refractivity contribution < 1.29 is 10.2 Å². The first-order valence-electron chi connectivity index (χ1n) is 3.60. The molecule has 0 amide bonds. The number of hydrogen-bond donors (Lipinski definition) is 2. The molecule has 1 atom stereocenters. The lowest BCUT2D eigenvalue weighted by Crippen LogP contribution is -2.05. The molecule has 0 aromatic carbocycles. The molecule has 0 aliphatic rings. The van der Waals surface area contributed by atoms with Crippen molar-refractivity contribution in [2.75, 3.05) is 6.61 Å². The minimum Gasteiger partial charge on any atom is -0.396 e. The van der Waals surface area contributed by atoms with Gasteiger partial charge in [-0.15, -0.1) is 0 Å². The molecular weight excluding hydrogens is 116 g/mol. The number of aliphatic hydroxyl groups is 2. The molecule has 0 rings (SSSR count). The van der Waals surface area contributed by atoms with Gasteiger partial charge in [0.2, 0.25) is 0 Å². The molecule has 56 valence electrons. The normalized spacial score (nSPS) is 13.7. The second-order valence-electron chi connectivity index (χ2n) is 2.31. The van der Waals surface area contributed by atoms with Crippen LogP contribution in [0.15, 0.2) is 0 Å². The van der Waals surface area contributed by atoms with E-state index in [1.54, 1.807) is 0 Å². The average molecular weight is 132 g/mol. The van der Waals surface area contributed by atoms with Gasteiger partial charge in [0.15, 0.2) is 0 Å². The van der Waals surface area contributed by atoms with Crippen LogP contribution in [-0.4, -0.2) is 22.9 Å². The van der Waals surface area contributed by atoms with Crippen molar-refractivity contribution in [2.45, 2.75) is 38.7 Å². The summed E-state index contributed by atoms with van der Waals surface area (Å²) in [5, 5.41) is 17.4. The highest BCUT2D eigenvalue weighted by Crippen LogP contribution is 2.02. The van der Waals surface area contributed by atoms with Crippen LogP contribution >= 0.6 is 0 Å². The molecule has 2 N–H and O–H groups in total. The van der Waals surface area contributed by atoms with Gasteiger partial charge in [0.25, 0.3) is 0 Å². The largest absolute Gasteiger partial charge is 0.396 e. The summed E-state index contributed by atoms with van der Waals surface area (Å²) in [5.41, 5.74) is 0. The summed E-state index contributed by atoms with van der Waals surface area (Å²) < 4.78 is 0. The van der Waals surface area contributed by atoms with Gasteiger partial charge in [0.1, 0.15) is 0 Å². The molecular formula is C7H16O2. The van der Waals surface area contributed by atoms with Crippen molar-refractivity contribution in [1.82, 2.24) is 0 Å². The molecule has 0 radical (unpaired) electrons. The monoisotopic (exact) mass is 132 g/mol. The molecule has 9 heavy (non-hydrogen) atoms. The van der Waals surface area contributed by atoms with Gasteiger partial charge in [0.05, 0.1) is 6.10 Å². The average Bonchev–Trinajstić information content (AvgIpc) is 1.85. The molecule has 0 aromatic heterocycles. The molecule has 0 aliphatic heterocycles. The van der Waals surface area contributed by atoms with E-state index in [9.17, 15) is 0 Å². The van der Waals surface area contributed by atoms with Crippen LogP contribution in [0.4, 0.5) is 0 Å². The highest BCUT2D eigenvalue weighted by atomic mass is 16.3. The van der Waals surface area contributed by atoms with Crippen LogP contribution in [0.2, 0.25) is 0 Å². The van der Waals surface area contributed by atoms with Gasteiger partial charge in [-0.1, -0.05) is 13.3 Å². The SMILES string of the molecule is CCC[C@H](O)CCCO. The van der Waals surface area contributed by atoms with Crippen molar-refractivity contribution in [1.29, 1.82) is 0 Å². The first-order chi connectivity index (χ1) is 4.31. The molecule has 2 heteroatoms. The highest BCUT2D eigenvalue weighted by Gasteiger charge is 1.99. The third-order valence-corrected chi connectivity index (χ3v) is 1.32. The van der Waals surface area contributed by atoms with Crippen LogP contribution in [0.1, 0.15) is 32.6 Å². The Kier molecular flexibility index (Phi) is 5.99. The fourth-order valence-electron chi connectivity index (χ4n) is 0.804. The first-order valence-corrected chi connectivity index (χ1v) is 3.60. The first kappa shape index (κ1) is 8.92. The van der Waals surface area contributed by atoms with Crippen molar-refractivity contribution >= 4 is 0 Å². The van der Waals surface area contributed by atoms with Crippen molar-refractivity contribution in [3.8, 4) is 0 Å². The third kappa shape index (κ3) is 5.80. The number of aliphatic hydroxyl groups excluding tert-OH is 2. The Balaban J connectivity index is 2.95. The van der Waals surface area contributed by atoms with Crippen LogP contribution < -0.4 is 0 Å². The molecule has 0 aromatic rings. The maximum atomic E-state index is 9.07. The molecule has 0 aliphatic carbocycles. The van der Waals surface area contributed by atoms with E-state index < -0.39 is 0 Å². The van der Waals surface area contributed by atoms with Crippen LogP contribution in [0.5, 0.6) is 0 Å². The topological polar surface area (TPSA) is 40.5 Å². The summed E-state index contributed by atoms with van der Waals surface area (Å²) in [7, 11) is 0. The summed E-state index contributed by atoms with van der Waals surface area (Å²) in [4.78, 5) is 0. The van der Waals surface area contributed by atoms with Crippen LogP contribution in [-0.2, 0) is 0 Å². The Morgan fingerprint density at radius 1 is 1.33 bits per heavy atom. The van der Waals surface area contributed by atoms with Crippen LogP contribution in [0, 0.1) is 0 Å². The van der Waals surface area contributed by atoms with Gasteiger partial charge in [-0.3, -0.25) is 0 Å². The second-order valence-corrected chi connectivity index (χ2v) is 2.31. The van der Waals surface area contributed by atoms with Crippen LogP contribution in [0.25, 0.3) is 0 Å². The number of hydrogen-bond acceptors (Lipinski definition) is 2. The summed E-state index contributed by atoms with van der Waals surface area (Å²) in [6.45, 7) is 2.24. The van der Waals surface area contributed by atoms with E-state index in [2.05, 4.69) is 0 Å². The number of rotatable bonds is 5.